The number of ether oxygens (including phenoxy) is 2. The molecule has 0 aromatic carbocycles. The minimum Gasteiger partial charge on any atom is -0.381 e. The van der Waals surface area contributed by atoms with Gasteiger partial charge in [0.2, 0.25) is 11.8 Å². The summed E-state index contributed by atoms with van der Waals surface area (Å²) in [5.74, 6) is 1.11. The maximum absolute atomic E-state index is 12.5. The molecule has 1 atom stereocenters. The summed E-state index contributed by atoms with van der Waals surface area (Å²) in [7, 11) is 1.99. The lowest BCUT2D eigenvalue weighted by atomic mass is 9.81. The summed E-state index contributed by atoms with van der Waals surface area (Å²) >= 11 is 0. The van der Waals surface area contributed by atoms with Gasteiger partial charge < -0.3 is 19.7 Å². The van der Waals surface area contributed by atoms with Crippen molar-refractivity contribution in [3.05, 3.63) is 0 Å². The number of hydrogen-bond donors (Lipinski definition) is 1. The maximum Gasteiger partial charge on any atom is 0.239 e. The molecule has 1 spiro atoms. The standard InChI is InChI=1S/C19H31N3O4/c1-21-11-19(12-22(13-19)18(24)15-3-2-4-15)26-10-16(21)17(23)20-9-14-5-7-25-8-6-14/h14-16H,2-13H2,1H3,(H,20,23). The average molecular weight is 365 g/mol. The molecule has 4 rings (SSSR count). The zero-order valence-electron chi connectivity index (χ0n) is 15.7. The summed E-state index contributed by atoms with van der Waals surface area (Å²) in [6.45, 7) is 4.77. The third-order valence-corrected chi connectivity index (χ3v) is 6.55. The molecule has 1 saturated carbocycles. The number of likely N-dealkylation sites (N-methyl/N-ethyl adjacent to an activating group) is 1. The van der Waals surface area contributed by atoms with Crippen LogP contribution in [0.4, 0.5) is 0 Å². The largest absolute Gasteiger partial charge is 0.381 e. The van der Waals surface area contributed by atoms with Crippen molar-refractivity contribution in [2.75, 3.05) is 53.0 Å². The van der Waals surface area contributed by atoms with Crippen LogP contribution in [0.5, 0.6) is 0 Å². The Morgan fingerprint density at radius 1 is 1.12 bits per heavy atom. The minimum atomic E-state index is -0.272. The number of amides is 2. The number of nitrogens with one attached hydrogen (secondary N) is 1. The smallest absolute Gasteiger partial charge is 0.239 e. The van der Waals surface area contributed by atoms with E-state index in [4.69, 9.17) is 9.47 Å². The first-order chi connectivity index (χ1) is 12.6. The van der Waals surface area contributed by atoms with Crippen molar-refractivity contribution in [1.29, 1.82) is 0 Å². The van der Waals surface area contributed by atoms with Gasteiger partial charge in [-0.15, -0.1) is 0 Å². The number of likely N-dealkylation sites (tertiary alicyclic amines) is 1. The van der Waals surface area contributed by atoms with Gasteiger partial charge in [0.15, 0.2) is 0 Å². The van der Waals surface area contributed by atoms with E-state index in [1.807, 2.05) is 11.9 Å². The first kappa shape index (κ1) is 18.2. The Labute approximate surface area is 155 Å². The average Bonchev–Trinajstić information content (AvgIpc) is 2.56. The Kier molecular flexibility index (Phi) is 5.21. The Balaban J connectivity index is 1.22. The van der Waals surface area contributed by atoms with Crippen molar-refractivity contribution >= 4 is 11.8 Å². The zero-order valence-corrected chi connectivity index (χ0v) is 15.7. The van der Waals surface area contributed by atoms with E-state index in [0.29, 0.717) is 38.1 Å². The Morgan fingerprint density at radius 3 is 2.46 bits per heavy atom. The van der Waals surface area contributed by atoms with Gasteiger partial charge in [0.1, 0.15) is 11.6 Å². The first-order valence-corrected chi connectivity index (χ1v) is 10.0. The van der Waals surface area contributed by atoms with Gasteiger partial charge in [-0.1, -0.05) is 6.42 Å². The Hall–Kier alpha value is -1.18. The van der Waals surface area contributed by atoms with Gasteiger partial charge in [0, 0.05) is 32.2 Å². The Morgan fingerprint density at radius 2 is 1.85 bits per heavy atom. The highest BCUT2D eigenvalue weighted by Gasteiger charge is 2.52. The van der Waals surface area contributed by atoms with Crippen molar-refractivity contribution in [2.45, 2.75) is 43.7 Å². The number of carbonyl (C=O) groups is 2. The summed E-state index contributed by atoms with van der Waals surface area (Å²) in [5, 5.41) is 3.09. The van der Waals surface area contributed by atoms with E-state index in [1.54, 1.807) is 0 Å². The lowest BCUT2D eigenvalue weighted by Crippen LogP contribution is -2.73. The summed E-state index contributed by atoms with van der Waals surface area (Å²) in [4.78, 5) is 28.9. The molecule has 4 fully saturated rings. The second-order valence-electron chi connectivity index (χ2n) is 8.55. The van der Waals surface area contributed by atoms with Gasteiger partial charge in [-0.2, -0.15) is 0 Å². The van der Waals surface area contributed by atoms with Crippen molar-refractivity contribution < 1.29 is 19.1 Å². The molecule has 26 heavy (non-hydrogen) atoms. The van der Waals surface area contributed by atoms with Crippen LogP contribution >= 0.6 is 0 Å². The molecule has 0 aromatic rings. The van der Waals surface area contributed by atoms with Gasteiger partial charge in [-0.3, -0.25) is 14.5 Å². The summed E-state index contributed by atoms with van der Waals surface area (Å²) in [6, 6.07) is -0.239. The molecule has 7 heteroatoms. The third kappa shape index (κ3) is 3.62. The fourth-order valence-electron chi connectivity index (χ4n) is 4.49. The topological polar surface area (TPSA) is 71.1 Å². The zero-order chi connectivity index (χ0) is 18.1. The molecule has 0 radical (unpaired) electrons. The molecule has 2 amide bonds. The number of nitrogens with zero attached hydrogens (tertiary/aromatic N) is 2. The lowest BCUT2D eigenvalue weighted by Gasteiger charge is -2.55. The van der Waals surface area contributed by atoms with E-state index in [2.05, 4.69) is 10.2 Å². The molecule has 3 saturated heterocycles. The molecule has 3 heterocycles. The van der Waals surface area contributed by atoms with Crippen LogP contribution in [0.3, 0.4) is 0 Å². The molecule has 0 aromatic heterocycles. The van der Waals surface area contributed by atoms with Gasteiger partial charge in [0.25, 0.3) is 0 Å². The maximum atomic E-state index is 12.5. The lowest BCUT2D eigenvalue weighted by molar-refractivity contribution is -0.204. The van der Waals surface area contributed by atoms with E-state index in [-0.39, 0.29) is 23.5 Å². The second-order valence-corrected chi connectivity index (χ2v) is 8.55. The molecule has 1 N–H and O–H groups in total. The van der Waals surface area contributed by atoms with Gasteiger partial charge in [-0.05, 0) is 38.6 Å². The number of carbonyl (C=O) groups excluding carboxylic acids is 2. The van der Waals surface area contributed by atoms with Crippen LogP contribution in [0.15, 0.2) is 0 Å². The van der Waals surface area contributed by atoms with Crippen LogP contribution in [-0.4, -0.2) is 86.3 Å². The molecule has 4 aliphatic rings. The van der Waals surface area contributed by atoms with Crippen molar-refractivity contribution in [3.8, 4) is 0 Å². The van der Waals surface area contributed by atoms with Crippen LogP contribution in [0, 0.1) is 11.8 Å². The van der Waals surface area contributed by atoms with E-state index in [9.17, 15) is 9.59 Å². The number of rotatable bonds is 4. The fraction of sp³-hybridized carbons (Fsp3) is 0.895. The third-order valence-electron chi connectivity index (χ3n) is 6.55. The second kappa shape index (κ2) is 7.44. The highest BCUT2D eigenvalue weighted by atomic mass is 16.5. The predicted molar refractivity (Wildman–Crippen MR) is 95.6 cm³/mol. The molecular formula is C19H31N3O4. The quantitative estimate of drug-likeness (QED) is 0.773. The van der Waals surface area contributed by atoms with E-state index in [0.717, 1.165) is 45.4 Å². The number of morpholine rings is 1. The SMILES string of the molecule is CN1CC2(CN(C(=O)C3CCC3)C2)OCC1C(=O)NCC1CCOCC1. The predicted octanol–water partition coefficient (Wildman–Crippen LogP) is 0.241. The van der Waals surface area contributed by atoms with Crippen LogP contribution in [0.2, 0.25) is 0 Å². The minimum absolute atomic E-state index is 0.0514. The van der Waals surface area contributed by atoms with E-state index in [1.165, 1.54) is 6.42 Å². The monoisotopic (exact) mass is 365 g/mol. The van der Waals surface area contributed by atoms with Crippen LogP contribution in [0.25, 0.3) is 0 Å². The molecule has 1 aliphatic carbocycles. The van der Waals surface area contributed by atoms with Gasteiger partial charge >= 0.3 is 0 Å². The molecule has 0 bridgehead atoms. The summed E-state index contributed by atoms with van der Waals surface area (Å²) in [6.07, 6.45) is 5.30. The molecule has 146 valence electrons. The molecule has 7 nitrogen and oxygen atoms in total. The highest BCUT2D eigenvalue weighted by Crippen LogP contribution is 2.35. The van der Waals surface area contributed by atoms with E-state index < -0.39 is 0 Å². The molecular weight excluding hydrogens is 334 g/mol. The first-order valence-electron chi connectivity index (χ1n) is 10.0. The van der Waals surface area contributed by atoms with Crippen molar-refractivity contribution in [3.63, 3.8) is 0 Å². The molecule has 3 aliphatic heterocycles. The van der Waals surface area contributed by atoms with Gasteiger partial charge in [-0.25, -0.2) is 0 Å². The summed E-state index contributed by atoms with van der Waals surface area (Å²) in [5.41, 5.74) is -0.272. The van der Waals surface area contributed by atoms with Crippen LogP contribution < -0.4 is 5.32 Å². The normalized spacial score (nSPS) is 29.9. The van der Waals surface area contributed by atoms with Crippen molar-refractivity contribution in [1.82, 2.24) is 15.1 Å². The van der Waals surface area contributed by atoms with E-state index >= 15 is 0 Å². The highest BCUT2D eigenvalue weighted by molar-refractivity contribution is 5.82. The van der Waals surface area contributed by atoms with Crippen LogP contribution in [-0.2, 0) is 19.1 Å². The van der Waals surface area contributed by atoms with Crippen molar-refractivity contribution in [2.24, 2.45) is 11.8 Å². The summed E-state index contributed by atoms with van der Waals surface area (Å²) < 4.78 is 11.5. The van der Waals surface area contributed by atoms with Crippen LogP contribution in [0.1, 0.15) is 32.1 Å². The fourth-order valence-corrected chi connectivity index (χ4v) is 4.49. The van der Waals surface area contributed by atoms with Gasteiger partial charge in [0.05, 0.1) is 19.7 Å². The number of hydrogen-bond acceptors (Lipinski definition) is 5. The molecule has 1 unspecified atom stereocenters. The Bertz CT molecular complexity index is 539.